The number of hydrogen-bond donors (Lipinski definition) is 1. The van der Waals surface area contributed by atoms with Crippen molar-refractivity contribution < 1.29 is 0 Å². The van der Waals surface area contributed by atoms with Crippen LogP contribution in [0.3, 0.4) is 0 Å². The molecule has 21 heavy (non-hydrogen) atoms. The number of anilines is 2. The Morgan fingerprint density at radius 3 is 2.48 bits per heavy atom. The maximum Gasteiger partial charge on any atom is 0.225 e. The van der Waals surface area contributed by atoms with Gasteiger partial charge in [-0.25, -0.2) is 9.97 Å². The molecule has 6 heteroatoms. The van der Waals surface area contributed by atoms with Crippen molar-refractivity contribution in [1.82, 2.24) is 20.3 Å². The van der Waals surface area contributed by atoms with E-state index in [1.807, 2.05) is 25.5 Å². The number of nitrogens with zero attached hydrogens (tertiary/aromatic N) is 5. The molecule has 1 aliphatic heterocycles. The minimum Gasteiger partial charge on any atom is -0.366 e. The van der Waals surface area contributed by atoms with E-state index in [-0.39, 0.29) is 0 Å². The van der Waals surface area contributed by atoms with Gasteiger partial charge in [0, 0.05) is 51.3 Å². The molecule has 1 saturated heterocycles. The first-order chi connectivity index (χ1) is 10.4. The monoisotopic (exact) mass is 284 g/mol. The molecule has 0 bridgehead atoms. The van der Waals surface area contributed by atoms with Crippen LogP contribution >= 0.6 is 0 Å². The summed E-state index contributed by atoms with van der Waals surface area (Å²) >= 11 is 0. The van der Waals surface area contributed by atoms with Gasteiger partial charge in [0.15, 0.2) is 0 Å². The van der Waals surface area contributed by atoms with E-state index in [1.54, 1.807) is 12.4 Å². The fourth-order valence-corrected chi connectivity index (χ4v) is 2.64. The molecule has 1 fully saturated rings. The van der Waals surface area contributed by atoms with Crippen molar-refractivity contribution in [3.05, 3.63) is 42.5 Å². The van der Waals surface area contributed by atoms with Gasteiger partial charge in [-0.1, -0.05) is 0 Å². The van der Waals surface area contributed by atoms with Crippen LogP contribution in [0, 0.1) is 0 Å². The molecule has 0 radical (unpaired) electrons. The summed E-state index contributed by atoms with van der Waals surface area (Å²) in [6.45, 7) is 4.64. The Bertz CT molecular complexity index is 565. The number of hydrogen-bond acceptors (Lipinski definition) is 6. The molecule has 1 N–H and O–H groups in total. The molecule has 0 amide bonds. The van der Waals surface area contributed by atoms with Crippen LogP contribution in [0.5, 0.6) is 0 Å². The summed E-state index contributed by atoms with van der Waals surface area (Å²) in [5.74, 6) is 0.818. The highest BCUT2D eigenvalue weighted by atomic mass is 15.3. The van der Waals surface area contributed by atoms with Crippen molar-refractivity contribution in [2.24, 2.45) is 0 Å². The number of rotatable bonds is 4. The summed E-state index contributed by atoms with van der Waals surface area (Å²) in [4.78, 5) is 17.5. The normalized spacial score (nSPS) is 15.3. The van der Waals surface area contributed by atoms with Gasteiger partial charge < -0.3 is 15.1 Å². The first kappa shape index (κ1) is 13.8. The SMILES string of the molecule is CNCc1ccncc1N1CCN(c2ncccn2)CC1. The van der Waals surface area contributed by atoms with Crippen LogP contribution in [0.25, 0.3) is 0 Å². The molecule has 0 atom stereocenters. The molecule has 2 aromatic rings. The van der Waals surface area contributed by atoms with Crippen molar-refractivity contribution in [2.75, 3.05) is 43.0 Å². The molecular formula is C15H20N6. The third-order valence-electron chi connectivity index (χ3n) is 3.71. The van der Waals surface area contributed by atoms with Gasteiger partial charge in [0.25, 0.3) is 0 Å². The van der Waals surface area contributed by atoms with Crippen LogP contribution in [-0.2, 0) is 6.54 Å². The smallest absolute Gasteiger partial charge is 0.225 e. The molecule has 110 valence electrons. The largest absolute Gasteiger partial charge is 0.366 e. The van der Waals surface area contributed by atoms with Crippen LogP contribution in [-0.4, -0.2) is 48.2 Å². The third-order valence-corrected chi connectivity index (χ3v) is 3.71. The van der Waals surface area contributed by atoms with E-state index in [0.29, 0.717) is 0 Å². The Morgan fingerprint density at radius 1 is 1.05 bits per heavy atom. The van der Waals surface area contributed by atoms with Crippen molar-refractivity contribution in [3.8, 4) is 0 Å². The van der Waals surface area contributed by atoms with Gasteiger partial charge in [-0.3, -0.25) is 4.98 Å². The van der Waals surface area contributed by atoms with Crippen molar-refractivity contribution in [1.29, 1.82) is 0 Å². The molecule has 2 aromatic heterocycles. The first-order valence-electron chi connectivity index (χ1n) is 7.23. The zero-order chi connectivity index (χ0) is 14.5. The zero-order valence-corrected chi connectivity index (χ0v) is 12.2. The molecular weight excluding hydrogens is 264 g/mol. The molecule has 3 heterocycles. The van der Waals surface area contributed by atoms with Crippen molar-refractivity contribution in [2.45, 2.75) is 6.54 Å². The summed E-state index contributed by atoms with van der Waals surface area (Å²) in [6.07, 6.45) is 7.40. The zero-order valence-electron chi connectivity index (χ0n) is 12.2. The summed E-state index contributed by atoms with van der Waals surface area (Å²) in [6, 6.07) is 3.93. The average Bonchev–Trinajstić information content (AvgIpc) is 2.57. The minimum absolute atomic E-state index is 0.818. The topological polar surface area (TPSA) is 57.2 Å². The maximum atomic E-state index is 4.32. The van der Waals surface area contributed by atoms with Crippen LogP contribution < -0.4 is 15.1 Å². The summed E-state index contributed by atoms with van der Waals surface area (Å²) < 4.78 is 0. The molecule has 3 rings (SSSR count). The second-order valence-corrected chi connectivity index (χ2v) is 5.06. The van der Waals surface area contributed by atoms with Crippen molar-refractivity contribution in [3.63, 3.8) is 0 Å². The lowest BCUT2D eigenvalue weighted by Gasteiger charge is -2.36. The highest BCUT2D eigenvalue weighted by Crippen LogP contribution is 2.21. The molecule has 1 aliphatic rings. The highest BCUT2D eigenvalue weighted by molar-refractivity contribution is 5.53. The summed E-state index contributed by atoms with van der Waals surface area (Å²) in [5.41, 5.74) is 2.51. The quantitative estimate of drug-likeness (QED) is 0.901. The van der Waals surface area contributed by atoms with E-state index < -0.39 is 0 Å². The van der Waals surface area contributed by atoms with E-state index >= 15 is 0 Å². The molecule has 0 aliphatic carbocycles. The Hall–Kier alpha value is -2.21. The molecule has 0 aromatic carbocycles. The second kappa shape index (κ2) is 6.49. The number of pyridine rings is 1. The van der Waals surface area contributed by atoms with Crippen LogP contribution in [0.4, 0.5) is 11.6 Å². The van der Waals surface area contributed by atoms with Crippen LogP contribution in [0.1, 0.15) is 5.56 Å². The Kier molecular flexibility index (Phi) is 4.25. The minimum atomic E-state index is 0.818. The fourth-order valence-electron chi connectivity index (χ4n) is 2.64. The summed E-state index contributed by atoms with van der Waals surface area (Å²) in [5, 5.41) is 3.21. The van der Waals surface area contributed by atoms with E-state index in [0.717, 1.165) is 38.7 Å². The highest BCUT2D eigenvalue weighted by Gasteiger charge is 2.20. The van der Waals surface area contributed by atoms with Gasteiger partial charge in [0.2, 0.25) is 5.95 Å². The van der Waals surface area contributed by atoms with Gasteiger partial charge in [0.1, 0.15) is 0 Å². The van der Waals surface area contributed by atoms with Gasteiger partial charge in [-0.2, -0.15) is 0 Å². The fraction of sp³-hybridized carbons (Fsp3) is 0.400. The lowest BCUT2D eigenvalue weighted by Crippen LogP contribution is -2.47. The van der Waals surface area contributed by atoms with E-state index in [2.05, 4.69) is 36.1 Å². The van der Waals surface area contributed by atoms with Crippen LogP contribution in [0.2, 0.25) is 0 Å². The Balaban J connectivity index is 1.69. The lowest BCUT2D eigenvalue weighted by atomic mass is 10.2. The molecule has 6 nitrogen and oxygen atoms in total. The number of aromatic nitrogens is 3. The van der Waals surface area contributed by atoms with Crippen LogP contribution in [0.15, 0.2) is 36.9 Å². The molecule has 0 spiro atoms. The number of nitrogens with one attached hydrogen (secondary N) is 1. The second-order valence-electron chi connectivity index (χ2n) is 5.06. The van der Waals surface area contributed by atoms with Gasteiger partial charge in [-0.05, 0) is 24.7 Å². The van der Waals surface area contributed by atoms with Crippen molar-refractivity contribution >= 4 is 11.6 Å². The maximum absolute atomic E-state index is 4.32. The third kappa shape index (κ3) is 3.11. The van der Waals surface area contributed by atoms with Gasteiger partial charge in [-0.15, -0.1) is 0 Å². The lowest BCUT2D eigenvalue weighted by molar-refractivity contribution is 0.635. The average molecular weight is 284 g/mol. The van der Waals surface area contributed by atoms with Gasteiger partial charge >= 0.3 is 0 Å². The molecule has 0 saturated carbocycles. The molecule has 0 unspecified atom stereocenters. The Labute approximate surface area is 124 Å². The van der Waals surface area contributed by atoms with E-state index in [1.165, 1.54) is 11.3 Å². The first-order valence-corrected chi connectivity index (χ1v) is 7.23. The summed E-state index contributed by atoms with van der Waals surface area (Å²) in [7, 11) is 1.97. The van der Waals surface area contributed by atoms with E-state index in [4.69, 9.17) is 0 Å². The van der Waals surface area contributed by atoms with E-state index in [9.17, 15) is 0 Å². The predicted molar refractivity (Wildman–Crippen MR) is 83.5 cm³/mol. The number of piperazine rings is 1. The standard InChI is InChI=1S/C15H20N6/c1-16-11-13-3-6-17-12-14(13)20-7-9-21(10-8-20)15-18-4-2-5-19-15/h2-6,12,16H,7-11H2,1H3. The predicted octanol–water partition coefficient (Wildman–Crippen LogP) is 0.918. The van der Waals surface area contributed by atoms with Gasteiger partial charge in [0.05, 0.1) is 11.9 Å². The Morgan fingerprint density at radius 2 is 1.76 bits per heavy atom.